The molecule has 6 heteroatoms. The average Bonchev–Trinajstić information content (AvgIpc) is 2.63. The lowest BCUT2D eigenvalue weighted by molar-refractivity contribution is 0.0634. The summed E-state index contributed by atoms with van der Waals surface area (Å²) in [5.41, 5.74) is 1.44. The zero-order valence-electron chi connectivity index (χ0n) is 11.9. The number of rotatable bonds is 1. The van der Waals surface area contributed by atoms with E-state index in [0.29, 0.717) is 17.0 Å². The van der Waals surface area contributed by atoms with Crippen LogP contribution in [-0.4, -0.2) is 21.2 Å². The molecule has 0 unspecified atom stereocenters. The number of imidazole rings is 1. The van der Waals surface area contributed by atoms with Crippen LogP contribution in [0.3, 0.4) is 0 Å². The van der Waals surface area contributed by atoms with Crippen LogP contribution in [0.2, 0.25) is 0 Å². The summed E-state index contributed by atoms with van der Waals surface area (Å²) in [4.78, 5) is 16.0. The molecule has 0 aliphatic rings. The minimum Gasteiger partial charge on any atom is -0.444 e. The van der Waals surface area contributed by atoms with Gasteiger partial charge in [-0.25, -0.2) is 9.78 Å². The summed E-state index contributed by atoms with van der Waals surface area (Å²) >= 11 is 0. The van der Waals surface area contributed by atoms with Crippen molar-refractivity contribution in [3.05, 3.63) is 23.8 Å². The lowest BCUT2D eigenvalue weighted by Crippen LogP contribution is -2.28. The van der Waals surface area contributed by atoms with Gasteiger partial charge in [0, 0.05) is 7.05 Å². The quantitative estimate of drug-likeness (QED) is 0.865. The second-order valence-corrected chi connectivity index (χ2v) is 5.44. The molecule has 0 aliphatic carbocycles. The number of nitriles is 1. The van der Waals surface area contributed by atoms with Crippen molar-refractivity contribution in [2.45, 2.75) is 26.4 Å². The third kappa shape index (κ3) is 2.88. The Morgan fingerprint density at radius 3 is 2.75 bits per heavy atom. The van der Waals surface area contributed by atoms with Crippen molar-refractivity contribution in [1.82, 2.24) is 9.55 Å². The first-order chi connectivity index (χ1) is 9.30. The first-order valence-corrected chi connectivity index (χ1v) is 6.17. The Morgan fingerprint density at radius 1 is 1.45 bits per heavy atom. The molecule has 0 aliphatic heterocycles. The maximum absolute atomic E-state index is 11.7. The molecular weight excluding hydrogens is 256 g/mol. The third-order valence-electron chi connectivity index (χ3n) is 2.62. The molecule has 0 spiro atoms. The molecule has 0 atom stereocenters. The molecule has 0 radical (unpaired) electrons. The molecule has 2 rings (SSSR count). The van der Waals surface area contributed by atoms with Gasteiger partial charge in [-0.3, -0.25) is 5.32 Å². The van der Waals surface area contributed by atoms with E-state index in [0.717, 1.165) is 5.52 Å². The van der Waals surface area contributed by atoms with Gasteiger partial charge < -0.3 is 9.30 Å². The number of fused-ring (bicyclic) bond motifs is 1. The van der Waals surface area contributed by atoms with Gasteiger partial charge in [-0.05, 0) is 39.0 Å². The molecule has 6 nitrogen and oxygen atoms in total. The monoisotopic (exact) mass is 272 g/mol. The van der Waals surface area contributed by atoms with E-state index in [1.165, 1.54) is 0 Å². The molecule has 0 bridgehead atoms. The van der Waals surface area contributed by atoms with Crippen LogP contribution in [0, 0.1) is 11.3 Å². The Balaban J connectivity index is 2.29. The molecule has 1 heterocycles. The van der Waals surface area contributed by atoms with Gasteiger partial charge in [0.25, 0.3) is 0 Å². The Hall–Kier alpha value is -2.55. The molecule has 0 saturated heterocycles. The van der Waals surface area contributed by atoms with Crippen LogP contribution in [0.4, 0.5) is 10.7 Å². The lowest BCUT2D eigenvalue weighted by Gasteiger charge is -2.19. The zero-order chi connectivity index (χ0) is 14.9. The first-order valence-electron chi connectivity index (χ1n) is 6.17. The predicted molar refractivity (Wildman–Crippen MR) is 75.3 cm³/mol. The maximum atomic E-state index is 11.7. The largest absolute Gasteiger partial charge is 0.444 e. The molecule has 0 saturated carbocycles. The number of anilines is 1. The third-order valence-corrected chi connectivity index (χ3v) is 2.62. The van der Waals surface area contributed by atoms with Gasteiger partial charge in [0.05, 0.1) is 22.7 Å². The minimum atomic E-state index is -0.567. The number of carbonyl (C=O) groups is 1. The summed E-state index contributed by atoms with van der Waals surface area (Å²) in [6.45, 7) is 5.38. The van der Waals surface area contributed by atoms with Crippen molar-refractivity contribution in [2.75, 3.05) is 5.32 Å². The van der Waals surface area contributed by atoms with Crippen molar-refractivity contribution in [3.63, 3.8) is 0 Å². The fourth-order valence-corrected chi connectivity index (χ4v) is 1.78. The van der Waals surface area contributed by atoms with Crippen LogP contribution < -0.4 is 5.32 Å². The van der Waals surface area contributed by atoms with Crippen LogP contribution in [-0.2, 0) is 11.8 Å². The first kappa shape index (κ1) is 13.9. The second kappa shape index (κ2) is 4.85. The van der Waals surface area contributed by atoms with Gasteiger partial charge in [0.15, 0.2) is 0 Å². The molecule has 104 valence electrons. The number of amides is 1. The molecule has 0 fully saturated rings. The number of ether oxygens (including phenoxy) is 1. The highest BCUT2D eigenvalue weighted by molar-refractivity contribution is 5.87. The maximum Gasteiger partial charge on any atom is 0.414 e. The highest BCUT2D eigenvalue weighted by Crippen LogP contribution is 2.20. The lowest BCUT2D eigenvalue weighted by atomic mass is 10.2. The smallest absolute Gasteiger partial charge is 0.414 e. The number of hydrogen-bond acceptors (Lipinski definition) is 4. The van der Waals surface area contributed by atoms with Gasteiger partial charge in [0.2, 0.25) is 5.95 Å². The number of nitrogens with one attached hydrogen (secondary N) is 1. The number of aryl methyl sites for hydroxylation is 1. The van der Waals surface area contributed by atoms with E-state index in [1.807, 2.05) is 0 Å². The normalized spacial score (nSPS) is 11.2. The highest BCUT2D eigenvalue weighted by atomic mass is 16.6. The summed E-state index contributed by atoms with van der Waals surface area (Å²) in [6.07, 6.45) is -0.559. The van der Waals surface area contributed by atoms with Crippen molar-refractivity contribution in [1.29, 1.82) is 5.26 Å². The summed E-state index contributed by atoms with van der Waals surface area (Å²) in [7, 11) is 1.79. The molecule has 1 aromatic carbocycles. The van der Waals surface area contributed by atoms with Gasteiger partial charge in [-0.1, -0.05) is 0 Å². The summed E-state index contributed by atoms with van der Waals surface area (Å²) in [6, 6.07) is 7.24. The second-order valence-electron chi connectivity index (χ2n) is 5.44. The molecular formula is C14H16N4O2. The molecule has 2 aromatic rings. The average molecular weight is 272 g/mol. The van der Waals surface area contributed by atoms with Crippen LogP contribution in [0.5, 0.6) is 0 Å². The van der Waals surface area contributed by atoms with E-state index < -0.39 is 11.7 Å². The summed E-state index contributed by atoms with van der Waals surface area (Å²) in [5, 5.41) is 11.5. The van der Waals surface area contributed by atoms with Crippen molar-refractivity contribution in [3.8, 4) is 6.07 Å². The van der Waals surface area contributed by atoms with E-state index in [9.17, 15) is 4.79 Å². The topological polar surface area (TPSA) is 79.9 Å². The van der Waals surface area contributed by atoms with E-state index >= 15 is 0 Å². The Kier molecular flexibility index (Phi) is 3.36. The SMILES string of the molecule is Cn1c(NC(=O)OC(C)(C)C)nc2cc(C#N)ccc21. The van der Waals surface area contributed by atoms with Gasteiger partial charge in [0.1, 0.15) is 5.60 Å². The van der Waals surface area contributed by atoms with Crippen LogP contribution in [0.1, 0.15) is 26.3 Å². The zero-order valence-corrected chi connectivity index (χ0v) is 11.9. The predicted octanol–water partition coefficient (Wildman–Crippen LogP) is 2.79. The number of carbonyl (C=O) groups excluding carboxylic acids is 1. The molecule has 20 heavy (non-hydrogen) atoms. The minimum absolute atomic E-state index is 0.379. The fourth-order valence-electron chi connectivity index (χ4n) is 1.78. The van der Waals surface area contributed by atoms with Crippen molar-refractivity contribution < 1.29 is 9.53 Å². The van der Waals surface area contributed by atoms with Crippen molar-refractivity contribution >= 4 is 23.1 Å². The number of aromatic nitrogens is 2. The highest BCUT2D eigenvalue weighted by Gasteiger charge is 2.18. The number of hydrogen-bond donors (Lipinski definition) is 1. The van der Waals surface area contributed by atoms with Gasteiger partial charge >= 0.3 is 6.09 Å². The van der Waals surface area contributed by atoms with Crippen LogP contribution in [0.25, 0.3) is 11.0 Å². The summed E-state index contributed by atoms with van der Waals surface area (Å²) in [5.74, 6) is 0.379. The van der Waals surface area contributed by atoms with E-state index in [1.54, 1.807) is 50.6 Å². The standard InChI is InChI=1S/C14H16N4O2/c1-14(2,3)20-13(19)17-12-16-10-7-9(8-15)5-6-11(10)18(12)4/h5-7H,1-4H3,(H,16,17,19). The van der Waals surface area contributed by atoms with Crippen LogP contribution >= 0.6 is 0 Å². The van der Waals surface area contributed by atoms with Gasteiger partial charge in [-0.15, -0.1) is 0 Å². The number of benzene rings is 1. The summed E-state index contributed by atoms with van der Waals surface area (Å²) < 4.78 is 6.92. The van der Waals surface area contributed by atoms with Crippen LogP contribution in [0.15, 0.2) is 18.2 Å². The Morgan fingerprint density at radius 2 is 2.15 bits per heavy atom. The van der Waals surface area contributed by atoms with E-state index in [4.69, 9.17) is 10.00 Å². The van der Waals surface area contributed by atoms with Crippen molar-refractivity contribution in [2.24, 2.45) is 7.05 Å². The van der Waals surface area contributed by atoms with Gasteiger partial charge in [-0.2, -0.15) is 5.26 Å². The number of nitrogens with zero attached hydrogens (tertiary/aromatic N) is 3. The Labute approximate surface area is 117 Å². The molecule has 1 amide bonds. The fraction of sp³-hybridized carbons (Fsp3) is 0.357. The molecule has 1 N–H and O–H groups in total. The van der Waals surface area contributed by atoms with E-state index in [-0.39, 0.29) is 0 Å². The molecule has 1 aromatic heterocycles. The van der Waals surface area contributed by atoms with E-state index in [2.05, 4.69) is 16.4 Å². The Bertz CT molecular complexity index is 704.